The van der Waals surface area contributed by atoms with E-state index in [0.29, 0.717) is 19.3 Å². The number of aliphatic hydroxyl groups excluding tert-OH is 2. The van der Waals surface area contributed by atoms with Crippen molar-refractivity contribution in [1.82, 2.24) is 0 Å². The zero-order chi connectivity index (χ0) is 41.0. The van der Waals surface area contributed by atoms with Crippen molar-refractivity contribution in [3.63, 3.8) is 0 Å². The van der Waals surface area contributed by atoms with E-state index >= 15 is 0 Å². The Morgan fingerprint density at radius 3 is 1.70 bits per heavy atom. The number of unbranched alkanes of at least 4 members (excludes halogenated alkanes) is 8. The summed E-state index contributed by atoms with van der Waals surface area (Å²) < 4.78 is 38.4. The van der Waals surface area contributed by atoms with Gasteiger partial charge in [0.2, 0.25) is 0 Å². The molecule has 5 atom stereocenters. The van der Waals surface area contributed by atoms with E-state index in [2.05, 4.69) is 91.3 Å². The highest BCUT2D eigenvalue weighted by Gasteiger charge is 2.37. The molecule has 12 heteroatoms. The Bertz CT molecular complexity index is 1230. The van der Waals surface area contributed by atoms with Crippen molar-refractivity contribution in [3.05, 3.63) is 72.9 Å². The van der Waals surface area contributed by atoms with Crippen molar-refractivity contribution in [2.45, 2.75) is 167 Å². The maximum absolute atomic E-state index is 12.7. The lowest BCUT2D eigenvalue weighted by molar-refractivity contribution is -0.161. The Balaban J connectivity index is 2.37. The molecule has 0 aromatic rings. The standard InChI is InChI=1S/C44H73O11P/c1-3-5-7-9-11-13-15-17-18-19-21-23-25-27-29-33-43(47)51-37-40(38-53-56(49,50)52-36-39(46)35-45)54-44(48)34-30-32-42-41(55-42)31-28-26-24-22-20-16-14-12-10-8-6-4-2/h11-14,17-18,20-23,26,28,39-42,45-46H,3-10,15-16,19,24-25,27,29-38H2,1-2H3,(H,49,50)/b13-11-,14-12-,18-17-,22-20-,23-21-,28-26-/t39-,40+,41?,42?/m0/s1. The molecule has 0 bridgehead atoms. The molecule has 3 N–H and O–H groups in total. The molecule has 1 rings (SSSR count). The minimum atomic E-state index is -4.65. The van der Waals surface area contributed by atoms with Crippen molar-refractivity contribution in [2.24, 2.45) is 0 Å². The van der Waals surface area contributed by atoms with Crippen molar-refractivity contribution in [1.29, 1.82) is 0 Å². The van der Waals surface area contributed by atoms with Crippen LogP contribution in [0.4, 0.5) is 0 Å². The number of hydrogen-bond acceptors (Lipinski definition) is 10. The Kier molecular flexibility index (Phi) is 32.6. The summed E-state index contributed by atoms with van der Waals surface area (Å²) in [7, 11) is -4.65. The van der Waals surface area contributed by atoms with Crippen LogP contribution in [0.1, 0.15) is 142 Å². The molecule has 0 aromatic carbocycles. The van der Waals surface area contributed by atoms with Crippen molar-refractivity contribution >= 4 is 19.8 Å². The van der Waals surface area contributed by atoms with Gasteiger partial charge in [0.1, 0.15) is 12.7 Å². The molecule has 11 nitrogen and oxygen atoms in total. The van der Waals surface area contributed by atoms with Crippen LogP contribution in [-0.2, 0) is 37.4 Å². The molecule has 0 spiro atoms. The third kappa shape index (κ3) is 32.5. The number of carbonyl (C=O) groups excluding carboxylic acids is 2. The molecule has 1 heterocycles. The van der Waals surface area contributed by atoms with Crippen LogP contribution < -0.4 is 0 Å². The Morgan fingerprint density at radius 2 is 1.14 bits per heavy atom. The number of phosphoric acid groups is 1. The molecular weight excluding hydrogens is 735 g/mol. The van der Waals surface area contributed by atoms with Gasteiger partial charge in [-0.25, -0.2) is 4.57 Å². The molecule has 1 fully saturated rings. The van der Waals surface area contributed by atoms with Crippen LogP contribution in [0, 0.1) is 0 Å². The summed E-state index contributed by atoms with van der Waals surface area (Å²) >= 11 is 0. The van der Waals surface area contributed by atoms with Crippen LogP contribution in [0.25, 0.3) is 0 Å². The number of allylic oxidation sites excluding steroid dienone is 11. The second kappa shape index (κ2) is 35.5. The van der Waals surface area contributed by atoms with Crippen LogP contribution in [0.5, 0.6) is 0 Å². The summed E-state index contributed by atoms with van der Waals surface area (Å²) in [6.07, 6.45) is 41.7. The molecule has 0 aliphatic carbocycles. The van der Waals surface area contributed by atoms with E-state index < -0.39 is 51.8 Å². The summed E-state index contributed by atoms with van der Waals surface area (Å²) in [5, 5.41) is 18.3. The molecule has 3 unspecified atom stereocenters. The lowest BCUT2D eigenvalue weighted by Crippen LogP contribution is -2.30. The van der Waals surface area contributed by atoms with E-state index in [4.69, 9.17) is 23.8 Å². The molecular formula is C44H73O11P. The van der Waals surface area contributed by atoms with E-state index in [9.17, 15) is 24.2 Å². The molecule has 0 saturated carbocycles. The fourth-order valence-corrected chi connectivity index (χ4v) is 6.17. The van der Waals surface area contributed by atoms with E-state index in [-0.39, 0.29) is 31.7 Å². The fraction of sp³-hybridized carbons (Fsp3) is 0.682. The van der Waals surface area contributed by atoms with E-state index in [0.717, 1.165) is 57.8 Å². The van der Waals surface area contributed by atoms with Gasteiger partial charge in [0.25, 0.3) is 0 Å². The molecule has 320 valence electrons. The minimum Gasteiger partial charge on any atom is -0.462 e. The first-order valence-corrected chi connectivity index (χ1v) is 22.5. The van der Waals surface area contributed by atoms with Crippen molar-refractivity contribution in [2.75, 3.05) is 26.4 Å². The molecule has 1 saturated heterocycles. The van der Waals surface area contributed by atoms with Crippen molar-refractivity contribution in [3.8, 4) is 0 Å². The maximum atomic E-state index is 12.7. The summed E-state index contributed by atoms with van der Waals surface area (Å²) in [5.74, 6) is -1.05. The monoisotopic (exact) mass is 808 g/mol. The summed E-state index contributed by atoms with van der Waals surface area (Å²) in [5.41, 5.74) is 0. The number of epoxide rings is 1. The highest BCUT2D eigenvalue weighted by Crippen LogP contribution is 2.43. The number of carbonyl (C=O) groups is 2. The quantitative estimate of drug-likeness (QED) is 0.0180. The largest absolute Gasteiger partial charge is 0.472 e. The van der Waals surface area contributed by atoms with Gasteiger partial charge in [0.05, 0.1) is 32.0 Å². The predicted molar refractivity (Wildman–Crippen MR) is 223 cm³/mol. The normalized spacial score (nSPS) is 18.2. The first kappa shape index (κ1) is 51.4. The van der Waals surface area contributed by atoms with E-state index in [1.807, 2.05) is 0 Å². The van der Waals surface area contributed by atoms with Gasteiger partial charge in [0, 0.05) is 12.8 Å². The van der Waals surface area contributed by atoms with Gasteiger partial charge in [-0.05, 0) is 89.9 Å². The third-order valence-electron chi connectivity index (χ3n) is 8.76. The molecule has 0 amide bonds. The van der Waals surface area contributed by atoms with E-state index in [1.165, 1.54) is 38.5 Å². The Labute approximate surface area is 337 Å². The van der Waals surface area contributed by atoms with Gasteiger partial charge in [-0.2, -0.15) is 0 Å². The second-order valence-electron chi connectivity index (χ2n) is 14.0. The summed E-state index contributed by atoms with van der Waals surface area (Å²) in [6, 6.07) is 0. The number of esters is 2. The average molecular weight is 809 g/mol. The van der Waals surface area contributed by atoms with Gasteiger partial charge in [0.15, 0.2) is 6.10 Å². The van der Waals surface area contributed by atoms with Crippen LogP contribution >= 0.6 is 7.82 Å². The maximum Gasteiger partial charge on any atom is 0.472 e. The van der Waals surface area contributed by atoms with Gasteiger partial charge in [-0.15, -0.1) is 0 Å². The number of hydrogen-bond donors (Lipinski definition) is 3. The lowest BCUT2D eigenvalue weighted by atomic mass is 10.1. The minimum absolute atomic E-state index is 0.0808. The molecule has 56 heavy (non-hydrogen) atoms. The highest BCUT2D eigenvalue weighted by molar-refractivity contribution is 7.47. The number of rotatable bonds is 37. The van der Waals surface area contributed by atoms with Crippen LogP contribution in [0.2, 0.25) is 0 Å². The van der Waals surface area contributed by atoms with Gasteiger partial charge in [-0.3, -0.25) is 18.6 Å². The smallest absolute Gasteiger partial charge is 0.462 e. The molecule has 0 aromatic heterocycles. The van der Waals surface area contributed by atoms with Gasteiger partial charge < -0.3 is 29.3 Å². The van der Waals surface area contributed by atoms with Crippen LogP contribution in [0.15, 0.2) is 72.9 Å². The van der Waals surface area contributed by atoms with Crippen LogP contribution in [0.3, 0.4) is 0 Å². The average Bonchev–Trinajstić information content (AvgIpc) is 3.94. The number of phosphoric ester groups is 1. The van der Waals surface area contributed by atoms with Gasteiger partial charge in [-0.1, -0.05) is 112 Å². The third-order valence-corrected chi connectivity index (χ3v) is 9.71. The highest BCUT2D eigenvalue weighted by atomic mass is 31.2. The predicted octanol–water partition coefficient (Wildman–Crippen LogP) is 9.87. The molecule has 1 aliphatic heterocycles. The first-order chi connectivity index (χ1) is 27.2. The second-order valence-corrected chi connectivity index (χ2v) is 15.5. The SMILES string of the molecule is CCCCC/C=C\C/C=C\C/C=C\CCCCC(=O)OC[C@H](COP(=O)(O)OC[C@@H](O)CO)OC(=O)CCCC1OC1C/C=C\C/C=C\C/C=C\CCCCC. The fourth-order valence-electron chi connectivity index (χ4n) is 5.38. The number of aliphatic hydroxyl groups is 2. The zero-order valence-corrected chi connectivity index (χ0v) is 35.2. The van der Waals surface area contributed by atoms with Gasteiger partial charge >= 0.3 is 19.8 Å². The summed E-state index contributed by atoms with van der Waals surface area (Å²) in [4.78, 5) is 35.0. The zero-order valence-electron chi connectivity index (χ0n) is 34.3. The van der Waals surface area contributed by atoms with Crippen molar-refractivity contribution < 1.29 is 52.5 Å². The number of ether oxygens (including phenoxy) is 3. The summed E-state index contributed by atoms with van der Waals surface area (Å²) in [6.45, 7) is 2.17. The molecule has 1 aliphatic rings. The van der Waals surface area contributed by atoms with Crippen LogP contribution in [-0.4, -0.2) is 77.9 Å². The molecule has 0 radical (unpaired) electrons. The lowest BCUT2D eigenvalue weighted by Gasteiger charge is -2.20. The topological polar surface area (TPSA) is 161 Å². The first-order valence-electron chi connectivity index (χ1n) is 21.0. The Hall–Kier alpha value is -2.63. The Morgan fingerprint density at radius 1 is 0.643 bits per heavy atom. The van der Waals surface area contributed by atoms with E-state index in [1.54, 1.807) is 0 Å².